The van der Waals surface area contributed by atoms with Gasteiger partial charge in [-0.1, -0.05) is 11.8 Å². The highest BCUT2D eigenvalue weighted by molar-refractivity contribution is 7.12. The molecule has 1 fully saturated rings. The average Bonchev–Trinajstić information content (AvgIpc) is 3.05. The van der Waals surface area contributed by atoms with Crippen molar-refractivity contribution in [1.82, 2.24) is 4.90 Å². The number of likely N-dealkylation sites (N-methyl/N-ethyl adjacent to an activating group) is 1. The summed E-state index contributed by atoms with van der Waals surface area (Å²) in [5, 5.41) is 10.5. The SMILES string of the molecule is CN(C(=O)c1sccc1C#CCO)C1CCOC1. The van der Waals surface area contributed by atoms with Crippen molar-refractivity contribution >= 4 is 17.2 Å². The highest BCUT2D eigenvalue weighted by Crippen LogP contribution is 2.20. The van der Waals surface area contributed by atoms with Gasteiger partial charge in [0.2, 0.25) is 0 Å². The summed E-state index contributed by atoms with van der Waals surface area (Å²) in [6.07, 6.45) is 0.880. The third kappa shape index (κ3) is 2.72. The molecule has 1 unspecified atom stereocenters. The molecule has 0 radical (unpaired) electrons. The summed E-state index contributed by atoms with van der Waals surface area (Å²) in [7, 11) is 1.80. The lowest BCUT2D eigenvalue weighted by molar-refractivity contribution is 0.0716. The second-order valence-electron chi connectivity index (χ2n) is 4.06. The Bertz CT molecular complexity index is 480. The van der Waals surface area contributed by atoms with Gasteiger partial charge >= 0.3 is 0 Å². The topological polar surface area (TPSA) is 49.8 Å². The first kappa shape index (κ1) is 13.1. The molecule has 2 heterocycles. The van der Waals surface area contributed by atoms with Crippen molar-refractivity contribution in [2.75, 3.05) is 26.9 Å². The molecule has 0 saturated carbocycles. The molecule has 18 heavy (non-hydrogen) atoms. The quantitative estimate of drug-likeness (QED) is 0.810. The number of hydrogen-bond acceptors (Lipinski definition) is 4. The van der Waals surface area contributed by atoms with E-state index in [4.69, 9.17) is 9.84 Å². The van der Waals surface area contributed by atoms with Crippen LogP contribution < -0.4 is 0 Å². The van der Waals surface area contributed by atoms with Gasteiger partial charge in [0.05, 0.1) is 12.6 Å². The Morgan fingerprint density at radius 3 is 3.22 bits per heavy atom. The fourth-order valence-corrected chi connectivity index (χ4v) is 2.69. The number of aliphatic hydroxyl groups excluding tert-OH is 1. The molecular formula is C13H15NO3S. The van der Waals surface area contributed by atoms with Gasteiger partial charge in [-0.2, -0.15) is 0 Å². The molecule has 1 aliphatic rings. The van der Waals surface area contributed by atoms with E-state index in [1.807, 2.05) is 5.38 Å². The lowest BCUT2D eigenvalue weighted by Crippen LogP contribution is -2.37. The zero-order valence-electron chi connectivity index (χ0n) is 10.2. The van der Waals surface area contributed by atoms with Crippen molar-refractivity contribution in [2.45, 2.75) is 12.5 Å². The van der Waals surface area contributed by atoms with Crippen molar-refractivity contribution in [3.63, 3.8) is 0 Å². The minimum atomic E-state index is -0.199. The van der Waals surface area contributed by atoms with Crippen LogP contribution in [-0.2, 0) is 4.74 Å². The molecule has 0 bridgehead atoms. The predicted octanol–water partition coefficient (Wildman–Crippen LogP) is 0.953. The summed E-state index contributed by atoms with van der Waals surface area (Å²) < 4.78 is 5.29. The van der Waals surface area contributed by atoms with E-state index in [9.17, 15) is 4.79 Å². The van der Waals surface area contributed by atoms with Crippen LogP contribution in [0.4, 0.5) is 0 Å². The predicted molar refractivity (Wildman–Crippen MR) is 69.6 cm³/mol. The summed E-state index contributed by atoms with van der Waals surface area (Å²) in [6, 6.07) is 1.96. The number of nitrogens with zero attached hydrogens (tertiary/aromatic N) is 1. The molecule has 1 aliphatic heterocycles. The van der Waals surface area contributed by atoms with Crippen LogP contribution in [0.1, 0.15) is 21.7 Å². The van der Waals surface area contributed by atoms with Crippen molar-refractivity contribution in [3.8, 4) is 11.8 Å². The van der Waals surface area contributed by atoms with Crippen LogP contribution in [0, 0.1) is 11.8 Å². The minimum Gasteiger partial charge on any atom is -0.384 e. The molecule has 5 heteroatoms. The Hall–Kier alpha value is -1.35. The van der Waals surface area contributed by atoms with Gasteiger partial charge in [0, 0.05) is 19.2 Å². The molecule has 1 saturated heterocycles. The van der Waals surface area contributed by atoms with Crippen LogP contribution >= 0.6 is 11.3 Å². The van der Waals surface area contributed by atoms with Crippen molar-refractivity contribution in [2.24, 2.45) is 0 Å². The van der Waals surface area contributed by atoms with E-state index in [-0.39, 0.29) is 18.6 Å². The summed E-state index contributed by atoms with van der Waals surface area (Å²) >= 11 is 1.38. The van der Waals surface area contributed by atoms with Gasteiger partial charge in [0.15, 0.2) is 0 Å². The highest BCUT2D eigenvalue weighted by Gasteiger charge is 2.26. The van der Waals surface area contributed by atoms with Gasteiger partial charge < -0.3 is 14.7 Å². The van der Waals surface area contributed by atoms with Crippen LogP contribution in [0.15, 0.2) is 11.4 Å². The number of ether oxygens (including phenoxy) is 1. The molecule has 2 rings (SSSR count). The van der Waals surface area contributed by atoms with E-state index >= 15 is 0 Å². The standard InChI is InChI=1S/C13H15NO3S/c1-14(11-4-7-17-9-11)13(16)12-10(3-2-6-15)5-8-18-12/h5,8,11,15H,4,6-7,9H2,1H3. The van der Waals surface area contributed by atoms with Gasteiger partial charge in [0.25, 0.3) is 5.91 Å². The van der Waals surface area contributed by atoms with E-state index in [0.29, 0.717) is 23.7 Å². The van der Waals surface area contributed by atoms with Gasteiger partial charge in [-0.25, -0.2) is 0 Å². The molecule has 1 aromatic heterocycles. The fourth-order valence-electron chi connectivity index (χ4n) is 1.86. The number of carbonyl (C=O) groups excluding carboxylic acids is 1. The minimum absolute atomic E-state index is 0.0252. The smallest absolute Gasteiger partial charge is 0.265 e. The molecule has 96 valence electrons. The van der Waals surface area contributed by atoms with Gasteiger partial charge in [0.1, 0.15) is 11.5 Å². The zero-order chi connectivity index (χ0) is 13.0. The third-order valence-corrected chi connectivity index (χ3v) is 3.84. The van der Waals surface area contributed by atoms with Gasteiger partial charge in [-0.3, -0.25) is 4.79 Å². The normalized spacial score (nSPS) is 18.2. The summed E-state index contributed by atoms with van der Waals surface area (Å²) in [5.74, 6) is 5.35. The second kappa shape index (κ2) is 6.01. The van der Waals surface area contributed by atoms with Gasteiger partial charge in [-0.15, -0.1) is 11.3 Å². The molecule has 0 aromatic carbocycles. The maximum atomic E-state index is 12.3. The summed E-state index contributed by atoms with van der Waals surface area (Å²) in [4.78, 5) is 14.7. The number of rotatable bonds is 2. The maximum Gasteiger partial charge on any atom is 0.265 e. The first-order valence-corrected chi connectivity index (χ1v) is 6.64. The Balaban J connectivity index is 2.15. The molecule has 0 aliphatic carbocycles. The van der Waals surface area contributed by atoms with E-state index in [1.54, 1.807) is 18.0 Å². The molecule has 1 aromatic rings. The third-order valence-electron chi connectivity index (χ3n) is 2.94. The van der Waals surface area contributed by atoms with Crippen molar-refractivity contribution in [3.05, 3.63) is 21.9 Å². The zero-order valence-corrected chi connectivity index (χ0v) is 11.0. The van der Waals surface area contributed by atoms with Crippen molar-refractivity contribution in [1.29, 1.82) is 0 Å². The van der Waals surface area contributed by atoms with Crippen LogP contribution in [0.5, 0.6) is 0 Å². The lowest BCUT2D eigenvalue weighted by Gasteiger charge is -2.22. The Morgan fingerprint density at radius 2 is 2.56 bits per heavy atom. The largest absolute Gasteiger partial charge is 0.384 e. The second-order valence-corrected chi connectivity index (χ2v) is 4.97. The molecular weight excluding hydrogens is 250 g/mol. The Labute approximate surface area is 110 Å². The lowest BCUT2D eigenvalue weighted by atomic mass is 10.2. The van der Waals surface area contributed by atoms with E-state index in [0.717, 1.165) is 6.42 Å². The molecule has 4 nitrogen and oxygen atoms in total. The number of thiophene rings is 1. The van der Waals surface area contributed by atoms with Crippen LogP contribution in [0.25, 0.3) is 0 Å². The molecule has 0 spiro atoms. The maximum absolute atomic E-state index is 12.3. The fraction of sp³-hybridized carbons (Fsp3) is 0.462. The van der Waals surface area contributed by atoms with Crippen LogP contribution in [-0.4, -0.2) is 48.8 Å². The highest BCUT2D eigenvalue weighted by atomic mass is 32.1. The molecule has 1 atom stereocenters. The Morgan fingerprint density at radius 1 is 1.72 bits per heavy atom. The van der Waals surface area contributed by atoms with Crippen LogP contribution in [0.2, 0.25) is 0 Å². The first-order valence-electron chi connectivity index (χ1n) is 5.76. The average molecular weight is 265 g/mol. The summed E-state index contributed by atoms with van der Waals surface area (Å²) in [6.45, 7) is 1.12. The number of aliphatic hydroxyl groups is 1. The van der Waals surface area contributed by atoms with Gasteiger partial charge in [-0.05, 0) is 17.9 Å². The van der Waals surface area contributed by atoms with E-state index in [2.05, 4.69) is 11.8 Å². The van der Waals surface area contributed by atoms with E-state index in [1.165, 1.54) is 11.3 Å². The monoisotopic (exact) mass is 265 g/mol. The summed E-state index contributed by atoms with van der Waals surface area (Å²) in [5.41, 5.74) is 0.685. The number of carbonyl (C=O) groups is 1. The number of hydrogen-bond donors (Lipinski definition) is 1. The van der Waals surface area contributed by atoms with Crippen molar-refractivity contribution < 1.29 is 14.6 Å². The number of amides is 1. The Kier molecular flexibility index (Phi) is 4.37. The van der Waals surface area contributed by atoms with E-state index < -0.39 is 0 Å². The molecule has 1 N–H and O–H groups in total. The first-order chi connectivity index (χ1) is 8.74. The van der Waals surface area contributed by atoms with Crippen LogP contribution in [0.3, 0.4) is 0 Å². The molecule has 1 amide bonds.